The van der Waals surface area contributed by atoms with E-state index in [9.17, 15) is 5.11 Å². The topological polar surface area (TPSA) is 41.5 Å². The van der Waals surface area contributed by atoms with Gasteiger partial charge in [0.25, 0.3) is 0 Å². The number of aliphatic hydroxyl groups is 1. The van der Waals surface area contributed by atoms with Crippen LogP contribution in [-0.4, -0.2) is 31.9 Å². The first-order valence-corrected chi connectivity index (χ1v) is 7.17. The van der Waals surface area contributed by atoms with Gasteiger partial charge in [0.05, 0.1) is 6.10 Å². The summed E-state index contributed by atoms with van der Waals surface area (Å²) in [4.78, 5) is 0. The fraction of sp³-hybridized carbons (Fsp3) is 0.412. The monoisotopic (exact) mass is 273 g/mol. The molecule has 3 nitrogen and oxygen atoms in total. The van der Waals surface area contributed by atoms with Crippen molar-refractivity contribution in [2.24, 2.45) is 0 Å². The standard InChI is InChI=1S/C17H23NO2/c1-20-11-5-4-10-18-13-17(19)16-9-8-14-6-2-3-7-15(14)12-16/h2-3,6-9,12,17-19H,4-5,10-11,13H2,1H3. The molecule has 0 saturated carbocycles. The Morgan fingerprint density at radius 2 is 1.90 bits per heavy atom. The molecule has 0 aliphatic rings. The van der Waals surface area contributed by atoms with Crippen LogP contribution in [0.1, 0.15) is 24.5 Å². The Morgan fingerprint density at radius 1 is 1.10 bits per heavy atom. The minimum absolute atomic E-state index is 0.456. The van der Waals surface area contributed by atoms with E-state index in [0.717, 1.165) is 31.6 Å². The number of unbranched alkanes of at least 4 members (excludes halogenated alkanes) is 1. The first-order chi connectivity index (χ1) is 9.81. The molecule has 0 aliphatic heterocycles. The van der Waals surface area contributed by atoms with Crippen LogP contribution in [0.15, 0.2) is 42.5 Å². The molecule has 2 N–H and O–H groups in total. The molecule has 0 bridgehead atoms. The smallest absolute Gasteiger partial charge is 0.0914 e. The van der Waals surface area contributed by atoms with E-state index in [1.165, 1.54) is 10.8 Å². The van der Waals surface area contributed by atoms with Crippen LogP contribution in [0.4, 0.5) is 0 Å². The summed E-state index contributed by atoms with van der Waals surface area (Å²) in [6.07, 6.45) is 1.66. The Labute approximate surface area is 120 Å². The number of aliphatic hydroxyl groups excluding tert-OH is 1. The van der Waals surface area contributed by atoms with Gasteiger partial charge >= 0.3 is 0 Å². The lowest BCUT2D eigenvalue weighted by atomic mass is 10.0. The second-order valence-electron chi connectivity index (χ2n) is 5.03. The molecule has 1 unspecified atom stereocenters. The highest BCUT2D eigenvalue weighted by atomic mass is 16.5. The first-order valence-electron chi connectivity index (χ1n) is 7.17. The van der Waals surface area contributed by atoms with E-state index >= 15 is 0 Å². The molecular formula is C17H23NO2. The lowest BCUT2D eigenvalue weighted by molar-refractivity contribution is 0.172. The second kappa shape index (κ2) is 8.00. The van der Waals surface area contributed by atoms with E-state index in [2.05, 4.69) is 29.6 Å². The number of methoxy groups -OCH3 is 1. The molecule has 0 amide bonds. The van der Waals surface area contributed by atoms with Crippen molar-refractivity contribution in [1.82, 2.24) is 5.32 Å². The molecule has 108 valence electrons. The average molecular weight is 273 g/mol. The quantitative estimate of drug-likeness (QED) is 0.727. The van der Waals surface area contributed by atoms with Crippen molar-refractivity contribution in [3.05, 3.63) is 48.0 Å². The van der Waals surface area contributed by atoms with Crippen molar-refractivity contribution in [3.8, 4) is 0 Å². The molecule has 2 aromatic carbocycles. The Morgan fingerprint density at radius 3 is 2.70 bits per heavy atom. The van der Waals surface area contributed by atoms with Crippen LogP contribution in [-0.2, 0) is 4.74 Å². The van der Waals surface area contributed by atoms with Crippen molar-refractivity contribution >= 4 is 10.8 Å². The lowest BCUT2D eigenvalue weighted by Crippen LogP contribution is -2.22. The van der Waals surface area contributed by atoms with Crippen molar-refractivity contribution < 1.29 is 9.84 Å². The molecule has 0 fully saturated rings. The fourth-order valence-corrected chi connectivity index (χ4v) is 2.27. The molecule has 0 aromatic heterocycles. The average Bonchev–Trinajstić information content (AvgIpc) is 2.50. The van der Waals surface area contributed by atoms with Gasteiger partial charge in [-0.15, -0.1) is 0 Å². The third-order valence-electron chi connectivity index (χ3n) is 3.45. The lowest BCUT2D eigenvalue weighted by Gasteiger charge is -2.13. The molecule has 0 saturated heterocycles. The number of ether oxygens (including phenoxy) is 1. The SMILES string of the molecule is COCCCCNCC(O)c1ccc2ccccc2c1. The molecule has 0 heterocycles. The van der Waals surface area contributed by atoms with Gasteiger partial charge in [0.15, 0.2) is 0 Å². The molecular weight excluding hydrogens is 250 g/mol. The van der Waals surface area contributed by atoms with Gasteiger partial charge in [0.1, 0.15) is 0 Å². The van der Waals surface area contributed by atoms with Gasteiger partial charge in [-0.2, -0.15) is 0 Å². The summed E-state index contributed by atoms with van der Waals surface area (Å²) in [5.41, 5.74) is 0.966. The van der Waals surface area contributed by atoms with Crippen molar-refractivity contribution in [1.29, 1.82) is 0 Å². The maximum atomic E-state index is 10.2. The van der Waals surface area contributed by atoms with Gasteiger partial charge in [-0.05, 0) is 41.8 Å². The predicted molar refractivity (Wildman–Crippen MR) is 82.9 cm³/mol. The number of rotatable bonds is 8. The van der Waals surface area contributed by atoms with Crippen LogP contribution in [0.25, 0.3) is 10.8 Å². The third-order valence-corrected chi connectivity index (χ3v) is 3.45. The van der Waals surface area contributed by atoms with E-state index < -0.39 is 6.10 Å². The van der Waals surface area contributed by atoms with Crippen molar-refractivity contribution in [2.75, 3.05) is 26.8 Å². The van der Waals surface area contributed by atoms with Crippen LogP contribution < -0.4 is 5.32 Å². The minimum Gasteiger partial charge on any atom is -0.387 e. The summed E-state index contributed by atoms with van der Waals surface area (Å²) >= 11 is 0. The number of hydrogen-bond acceptors (Lipinski definition) is 3. The summed E-state index contributed by atoms with van der Waals surface area (Å²) in [5.74, 6) is 0. The van der Waals surface area contributed by atoms with E-state index in [1.807, 2.05) is 18.2 Å². The highest BCUT2D eigenvalue weighted by molar-refractivity contribution is 5.83. The first kappa shape index (κ1) is 15.0. The van der Waals surface area contributed by atoms with E-state index in [0.29, 0.717) is 6.54 Å². The largest absolute Gasteiger partial charge is 0.387 e. The molecule has 3 heteroatoms. The minimum atomic E-state index is -0.456. The van der Waals surface area contributed by atoms with Crippen molar-refractivity contribution in [2.45, 2.75) is 18.9 Å². The van der Waals surface area contributed by atoms with Gasteiger partial charge in [-0.3, -0.25) is 0 Å². The van der Waals surface area contributed by atoms with Gasteiger partial charge in [0.2, 0.25) is 0 Å². The van der Waals surface area contributed by atoms with E-state index in [1.54, 1.807) is 7.11 Å². The number of fused-ring (bicyclic) bond motifs is 1. The zero-order valence-electron chi connectivity index (χ0n) is 12.0. The summed E-state index contributed by atoms with van der Waals surface area (Å²) in [6.45, 7) is 2.30. The highest BCUT2D eigenvalue weighted by Gasteiger charge is 2.07. The maximum absolute atomic E-state index is 10.2. The Bertz CT molecular complexity index is 527. The third kappa shape index (κ3) is 4.30. The molecule has 0 aliphatic carbocycles. The number of benzene rings is 2. The Hall–Kier alpha value is -1.42. The maximum Gasteiger partial charge on any atom is 0.0914 e. The van der Waals surface area contributed by atoms with Crippen LogP contribution >= 0.6 is 0 Å². The van der Waals surface area contributed by atoms with Crippen LogP contribution in [0.3, 0.4) is 0 Å². The molecule has 1 atom stereocenters. The molecule has 0 spiro atoms. The van der Waals surface area contributed by atoms with E-state index in [4.69, 9.17) is 4.74 Å². The second-order valence-corrected chi connectivity index (χ2v) is 5.03. The van der Waals surface area contributed by atoms with Crippen molar-refractivity contribution in [3.63, 3.8) is 0 Å². The summed E-state index contributed by atoms with van der Waals surface area (Å²) in [6, 6.07) is 14.3. The van der Waals surface area contributed by atoms with Gasteiger partial charge in [-0.25, -0.2) is 0 Å². The number of hydrogen-bond donors (Lipinski definition) is 2. The fourth-order valence-electron chi connectivity index (χ4n) is 2.27. The van der Waals surface area contributed by atoms with Crippen LogP contribution in [0.2, 0.25) is 0 Å². The molecule has 2 rings (SSSR count). The predicted octanol–water partition coefficient (Wildman–Crippen LogP) is 2.89. The van der Waals surface area contributed by atoms with Gasteiger partial charge in [-0.1, -0.05) is 36.4 Å². The normalized spacial score (nSPS) is 12.7. The molecule has 0 radical (unpaired) electrons. The Kier molecular flexibility index (Phi) is 5.99. The van der Waals surface area contributed by atoms with Gasteiger partial charge < -0.3 is 15.2 Å². The number of nitrogens with one attached hydrogen (secondary N) is 1. The zero-order chi connectivity index (χ0) is 14.2. The molecule has 20 heavy (non-hydrogen) atoms. The zero-order valence-corrected chi connectivity index (χ0v) is 12.0. The molecule has 2 aromatic rings. The summed E-state index contributed by atoms with van der Waals surface area (Å²) in [7, 11) is 1.72. The highest BCUT2D eigenvalue weighted by Crippen LogP contribution is 2.19. The Balaban J connectivity index is 1.83. The van der Waals surface area contributed by atoms with E-state index in [-0.39, 0.29) is 0 Å². The van der Waals surface area contributed by atoms with Crippen LogP contribution in [0, 0.1) is 0 Å². The van der Waals surface area contributed by atoms with Gasteiger partial charge in [0, 0.05) is 20.3 Å². The summed E-state index contributed by atoms with van der Waals surface area (Å²) < 4.78 is 5.00. The summed E-state index contributed by atoms with van der Waals surface area (Å²) in [5, 5.41) is 15.9. The van der Waals surface area contributed by atoms with Crippen LogP contribution in [0.5, 0.6) is 0 Å².